The van der Waals surface area contributed by atoms with E-state index in [0.29, 0.717) is 13.0 Å². The lowest BCUT2D eigenvalue weighted by Gasteiger charge is -2.16. The minimum absolute atomic E-state index is 0. The number of aromatic nitrogens is 1. The fraction of sp³-hybridized carbons (Fsp3) is 0.238. The number of benzene rings is 2. The number of para-hydroxylation sites is 1. The molecule has 0 amide bonds. The Balaban J connectivity index is 0.00000210. The van der Waals surface area contributed by atoms with E-state index >= 15 is 0 Å². The largest absolute Gasteiger partial charge is 0.488 e. The molecule has 5 nitrogen and oxygen atoms in total. The Morgan fingerprint density at radius 1 is 1.11 bits per heavy atom. The summed E-state index contributed by atoms with van der Waals surface area (Å²) in [4.78, 5) is 16.5. The second kappa shape index (κ2) is 8.37. The Morgan fingerprint density at radius 3 is 2.63 bits per heavy atom. The SMILES string of the molecule is COC(=O)C1CC(Oc2cc(-c3ccccc3)nc3ccccc23)CN1.Cl. The van der Waals surface area contributed by atoms with Crippen LogP contribution in [0.1, 0.15) is 6.42 Å². The van der Waals surface area contributed by atoms with Crippen molar-refractivity contribution in [2.24, 2.45) is 0 Å². The molecule has 1 N–H and O–H groups in total. The summed E-state index contributed by atoms with van der Waals surface area (Å²) >= 11 is 0. The van der Waals surface area contributed by atoms with Crippen LogP contribution in [0.15, 0.2) is 60.7 Å². The second-order valence-electron chi connectivity index (χ2n) is 6.35. The summed E-state index contributed by atoms with van der Waals surface area (Å²) in [6.45, 7) is 0.608. The number of carbonyl (C=O) groups excluding carboxylic acids is 1. The van der Waals surface area contributed by atoms with Gasteiger partial charge in [0, 0.05) is 30.0 Å². The summed E-state index contributed by atoms with van der Waals surface area (Å²) in [6.07, 6.45) is 0.498. The standard InChI is InChI=1S/C21H20N2O3.ClH/c1-25-21(24)19-11-15(13-22-19)26-20-12-18(14-7-3-2-4-8-14)23-17-10-6-5-9-16(17)20;/h2-10,12,15,19,22H,11,13H2,1H3;1H. The molecule has 2 atom stereocenters. The normalized spacial score (nSPS) is 18.7. The van der Waals surface area contributed by atoms with Crippen molar-refractivity contribution in [1.82, 2.24) is 10.3 Å². The first kappa shape index (κ1) is 19.1. The van der Waals surface area contributed by atoms with Crippen LogP contribution in [-0.2, 0) is 9.53 Å². The molecule has 140 valence electrons. The summed E-state index contributed by atoms with van der Waals surface area (Å²) in [5.41, 5.74) is 2.80. The first-order valence-electron chi connectivity index (χ1n) is 8.67. The Hall–Kier alpha value is -2.63. The number of halogens is 1. The van der Waals surface area contributed by atoms with Gasteiger partial charge >= 0.3 is 5.97 Å². The monoisotopic (exact) mass is 384 g/mol. The number of rotatable bonds is 4. The summed E-state index contributed by atoms with van der Waals surface area (Å²) < 4.78 is 11.1. The second-order valence-corrected chi connectivity index (χ2v) is 6.35. The van der Waals surface area contributed by atoms with Crippen molar-refractivity contribution in [2.45, 2.75) is 18.6 Å². The molecule has 2 unspecified atom stereocenters. The number of carbonyl (C=O) groups is 1. The van der Waals surface area contributed by atoms with Gasteiger partial charge in [-0.25, -0.2) is 4.98 Å². The Labute approximate surface area is 164 Å². The first-order chi connectivity index (χ1) is 12.7. The zero-order chi connectivity index (χ0) is 17.9. The van der Waals surface area contributed by atoms with Crippen LogP contribution in [0.3, 0.4) is 0 Å². The maximum atomic E-state index is 11.7. The number of fused-ring (bicyclic) bond motifs is 1. The molecule has 1 saturated heterocycles. The van der Waals surface area contributed by atoms with Gasteiger partial charge in [0.15, 0.2) is 0 Å². The van der Waals surface area contributed by atoms with Crippen molar-refractivity contribution >= 4 is 29.3 Å². The van der Waals surface area contributed by atoms with Crippen LogP contribution in [0.25, 0.3) is 22.2 Å². The summed E-state index contributed by atoms with van der Waals surface area (Å²) in [5.74, 6) is 0.535. The number of pyridine rings is 1. The van der Waals surface area contributed by atoms with Crippen LogP contribution < -0.4 is 10.1 Å². The quantitative estimate of drug-likeness (QED) is 0.696. The third-order valence-corrected chi connectivity index (χ3v) is 4.62. The van der Waals surface area contributed by atoms with Crippen LogP contribution in [0.4, 0.5) is 0 Å². The van der Waals surface area contributed by atoms with Crippen molar-refractivity contribution in [1.29, 1.82) is 0 Å². The van der Waals surface area contributed by atoms with E-state index in [1.165, 1.54) is 7.11 Å². The maximum Gasteiger partial charge on any atom is 0.323 e. The number of methoxy groups -OCH3 is 1. The number of hydrogen-bond donors (Lipinski definition) is 1. The molecule has 0 aliphatic carbocycles. The predicted molar refractivity (Wildman–Crippen MR) is 107 cm³/mol. The lowest BCUT2D eigenvalue weighted by molar-refractivity contribution is -0.142. The molecule has 6 heteroatoms. The van der Waals surface area contributed by atoms with Gasteiger partial charge in [0.2, 0.25) is 0 Å². The van der Waals surface area contributed by atoms with E-state index in [0.717, 1.165) is 27.9 Å². The average Bonchev–Trinajstić information content (AvgIpc) is 3.16. The molecule has 27 heavy (non-hydrogen) atoms. The van der Waals surface area contributed by atoms with E-state index in [4.69, 9.17) is 14.5 Å². The Kier molecular flexibility index (Phi) is 5.94. The van der Waals surface area contributed by atoms with Gasteiger partial charge in [-0.15, -0.1) is 12.4 Å². The van der Waals surface area contributed by atoms with Crippen LogP contribution in [-0.4, -0.2) is 36.8 Å². The van der Waals surface area contributed by atoms with E-state index < -0.39 is 0 Å². The summed E-state index contributed by atoms with van der Waals surface area (Å²) in [7, 11) is 1.40. The molecule has 3 aromatic rings. The summed E-state index contributed by atoms with van der Waals surface area (Å²) in [6, 6.07) is 19.6. The van der Waals surface area contributed by atoms with E-state index in [-0.39, 0.29) is 30.5 Å². The smallest absolute Gasteiger partial charge is 0.323 e. The zero-order valence-electron chi connectivity index (χ0n) is 14.9. The molecular weight excluding hydrogens is 364 g/mol. The predicted octanol–water partition coefficient (Wildman–Crippen LogP) is 3.61. The molecule has 0 saturated carbocycles. The van der Waals surface area contributed by atoms with Gasteiger partial charge in [-0.3, -0.25) is 4.79 Å². The van der Waals surface area contributed by atoms with Gasteiger partial charge in [-0.05, 0) is 12.1 Å². The number of nitrogens with one attached hydrogen (secondary N) is 1. The van der Waals surface area contributed by atoms with Crippen LogP contribution in [0.5, 0.6) is 5.75 Å². The number of nitrogens with zero attached hydrogens (tertiary/aromatic N) is 1. The van der Waals surface area contributed by atoms with Crippen LogP contribution in [0, 0.1) is 0 Å². The Morgan fingerprint density at radius 2 is 1.85 bits per heavy atom. The lowest BCUT2D eigenvalue weighted by atomic mass is 10.1. The molecule has 0 spiro atoms. The van der Waals surface area contributed by atoms with Gasteiger partial charge in [0.25, 0.3) is 0 Å². The average molecular weight is 385 g/mol. The molecule has 2 aromatic carbocycles. The van der Waals surface area contributed by atoms with E-state index in [9.17, 15) is 4.79 Å². The van der Waals surface area contributed by atoms with Crippen molar-refractivity contribution in [2.75, 3.05) is 13.7 Å². The zero-order valence-corrected chi connectivity index (χ0v) is 15.7. The van der Waals surface area contributed by atoms with Crippen molar-refractivity contribution < 1.29 is 14.3 Å². The third-order valence-electron chi connectivity index (χ3n) is 4.62. The maximum absolute atomic E-state index is 11.7. The van der Waals surface area contributed by atoms with Crippen LogP contribution in [0.2, 0.25) is 0 Å². The topological polar surface area (TPSA) is 60.5 Å². The molecular formula is C21H21ClN2O3. The van der Waals surface area contributed by atoms with Gasteiger partial charge in [0.1, 0.15) is 17.9 Å². The lowest BCUT2D eigenvalue weighted by Crippen LogP contribution is -2.31. The number of esters is 1. The highest BCUT2D eigenvalue weighted by Crippen LogP contribution is 2.31. The van der Waals surface area contributed by atoms with E-state index in [1.54, 1.807) is 0 Å². The number of hydrogen-bond acceptors (Lipinski definition) is 5. The Bertz CT molecular complexity index is 933. The van der Waals surface area contributed by atoms with Crippen molar-refractivity contribution in [3.63, 3.8) is 0 Å². The molecule has 1 fully saturated rings. The molecule has 1 aliphatic rings. The van der Waals surface area contributed by atoms with E-state index in [1.807, 2.05) is 60.7 Å². The minimum Gasteiger partial charge on any atom is -0.488 e. The molecule has 4 rings (SSSR count). The molecule has 0 bridgehead atoms. The fourth-order valence-electron chi connectivity index (χ4n) is 3.29. The highest BCUT2D eigenvalue weighted by atomic mass is 35.5. The highest BCUT2D eigenvalue weighted by molar-refractivity contribution is 5.88. The summed E-state index contributed by atoms with van der Waals surface area (Å²) in [5, 5.41) is 4.12. The van der Waals surface area contributed by atoms with Crippen LogP contribution >= 0.6 is 12.4 Å². The molecule has 1 aromatic heterocycles. The molecule has 2 heterocycles. The van der Waals surface area contributed by atoms with Gasteiger partial charge in [0.05, 0.1) is 18.3 Å². The third kappa shape index (κ3) is 4.04. The molecule has 1 aliphatic heterocycles. The van der Waals surface area contributed by atoms with Crippen molar-refractivity contribution in [3.8, 4) is 17.0 Å². The molecule has 0 radical (unpaired) electrons. The fourth-order valence-corrected chi connectivity index (χ4v) is 3.29. The number of ether oxygens (including phenoxy) is 2. The van der Waals surface area contributed by atoms with Gasteiger partial charge in [-0.1, -0.05) is 42.5 Å². The first-order valence-corrected chi connectivity index (χ1v) is 8.67. The van der Waals surface area contributed by atoms with E-state index in [2.05, 4.69) is 5.32 Å². The van der Waals surface area contributed by atoms with Gasteiger partial charge in [-0.2, -0.15) is 0 Å². The van der Waals surface area contributed by atoms with Gasteiger partial charge < -0.3 is 14.8 Å². The minimum atomic E-state index is -0.313. The van der Waals surface area contributed by atoms with Crippen molar-refractivity contribution in [3.05, 3.63) is 60.7 Å². The highest BCUT2D eigenvalue weighted by Gasteiger charge is 2.31.